The summed E-state index contributed by atoms with van der Waals surface area (Å²) >= 11 is 0. The first-order valence-electron chi connectivity index (χ1n) is 6.93. The Kier molecular flexibility index (Phi) is 5.27. The van der Waals surface area contributed by atoms with Crippen LogP contribution in [-0.2, 0) is 0 Å². The zero-order chi connectivity index (χ0) is 15.2. The molecule has 1 aliphatic rings. The molecule has 1 aliphatic heterocycles. The molecule has 21 heavy (non-hydrogen) atoms. The smallest absolute Gasteiger partial charge is 0.261 e. The maximum Gasteiger partial charge on any atom is 0.261 e. The van der Waals surface area contributed by atoms with E-state index < -0.39 is 0 Å². The number of methoxy groups -OCH3 is 3. The molecule has 0 spiro atoms. The van der Waals surface area contributed by atoms with E-state index in [9.17, 15) is 4.79 Å². The van der Waals surface area contributed by atoms with Gasteiger partial charge in [-0.1, -0.05) is 0 Å². The largest absolute Gasteiger partial charge is 0.496 e. The molecule has 0 atom stereocenters. The first-order valence-corrected chi connectivity index (χ1v) is 6.93. The van der Waals surface area contributed by atoms with Gasteiger partial charge in [0, 0.05) is 38.3 Å². The van der Waals surface area contributed by atoms with Crippen LogP contribution in [0.1, 0.15) is 16.8 Å². The summed E-state index contributed by atoms with van der Waals surface area (Å²) < 4.78 is 15.9. The van der Waals surface area contributed by atoms with E-state index in [1.807, 2.05) is 0 Å². The number of amides is 1. The van der Waals surface area contributed by atoms with Gasteiger partial charge in [0.25, 0.3) is 5.91 Å². The van der Waals surface area contributed by atoms with Gasteiger partial charge in [-0.2, -0.15) is 0 Å². The van der Waals surface area contributed by atoms with Crippen molar-refractivity contribution in [1.29, 1.82) is 0 Å². The van der Waals surface area contributed by atoms with E-state index in [2.05, 4.69) is 5.32 Å². The third-order valence-corrected chi connectivity index (χ3v) is 3.49. The van der Waals surface area contributed by atoms with E-state index >= 15 is 0 Å². The molecule has 1 heterocycles. The zero-order valence-electron chi connectivity index (χ0n) is 12.7. The van der Waals surface area contributed by atoms with Crippen LogP contribution in [0.2, 0.25) is 0 Å². The van der Waals surface area contributed by atoms with Crippen LogP contribution in [0.5, 0.6) is 17.2 Å². The minimum Gasteiger partial charge on any atom is -0.496 e. The van der Waals surface area contributed by atoms with Crippen molar-refractivity contribution in [3.8, 4) is 17.2 Å². The van der Waals surface area contributed by atoms with Gasteiger partial charge in [-0.05, 0) is 6.42 Å². The van der Waals surface area contributed by atoms with Crippen LogP contribution < -0.4 is 19.5 Å². The summed E-state index contributed by atoms with van der Waals surface area (Å²) in [6.45, 7) is 2.80. The van der Waals surface area contributed by atoms with Crippen LogP contribution in [0, 0.1) is 0 Å². The van der Waals surface area contributed by atoms with Crippen molar-refractivity contribution in [3.05, 3.63) is 17.7 Å². The number of rotatable bonds is 4. The molecular formula is C15H21N2O4. The number of nitrogens with zero attached hydrogens (tertiary/aromatic N) is 2. The Bertz CT molecular complexity index is 471. The average molecular weight is 293 g/mol. The van der Waals surface area contributed by atoms with Crippen LogP contribution in [0.3, 0.4) is 0 Å². The standard InChI is InChI=1S/C15H21N2O4/c1-19-11-9-12(20-2)14(13(10-11)21-3)15(18)17-7-4-5-16-6-8-17/h9-10H,4-8H2,1-3H3. The highest BCUT2D eigenvalue weighted by molar-refractivity contribution is 6.00. The predicted octanol–water partition coefficient (Wildman–Crippen LogP) is 1.16. The molecule has 6 nitrogen and oxygen atoms in total. The van der Waals surface area contributed by atoms with Crippen LogP contribution in [-0.4, -0.2) is 58.3 Å². The van der Waals surface area contributed by atoms with Gasteiger partial charge in [-0.25, -0.2) is 5.32 Å². The van der Waals surface area contributed by atoms with Crippen molar-refractivity contribution in [2.45, 2.75) is 6.42 Å². The number of carbonyl (C=O) groups is 1. The first-order chi connectivity index (χ1) is 10.2. The molecule has 1 saturated heterocycles. The maximum atomic E-state index is 12.8. The lowest BCUT2D eigenvalue weighted by Crippen LogP contribution is -2.34. The second kappa shape index (κ2) is 7.17. The van der Waals surface area contributed by atoms with Gasteiger partial charge in [-0.15, -0.1) is 0 Å². The number of benzene rings is 1. The molecule has 1 aromatic carbocycles. The molecule has 6 heteroatoms. The van der Waals surface area contributed by atoms with E-state index in [1.165, 1.54) is 14.2 Å². The van der Waals surface area contributed by atoms with Gasteiger partial charge < -0.3 is 19.1 Å². The maximum absolute atomic E-state index is 12.8. The Labute approximate surface area is 125 Å². The Balaban J connectivity index is 2.38. The van der Waals surface area contributed by atoms with Crippen molar-refractivity contribution in [1.82, 2.24) is 10.2 Å². The minimum atomic E-state index is -0.0940. The molecule has 1 amide bonds. The van der Waals surface area contributed by atoms with Gasteiger partial charge in [0.1, 0.15) is 22.8 Å². The molecular weight excluding hydrogens is 272 g/mol. The van der Waals surface area contributed by atoms with Crippen molar-refractivity contribution in [2.24, 2.45) is 0 Å². The topological polar surface area (TPSA) is 62.1 Å². The summed E-state index contributed by atoms with van der Waals surface area (Å²) in [4.78, 5) is 14.6. The average Bonchev–Trinajstić information content (AvgIpc) is 2.81. The molecule has 0 aliphatic carbocycles. The van der Waals surface area contributed by atoms with Crippen molar-refractivity contribution in [3.63, 3.8) is 0 Å². The minimum absolute atomic E-state index is 0.0940. The third kappa shape index (κ3) is 3.39. The molecule has 2 rings (SSSR count). The van der Waals surface area contributed by atoms with Crippen LogP contribution in [0.25, 0.3) is 0 Å². The molecule has 0 unspecified atom stereocenters. The van der Waals surface area contributed by atoms with Gasteiger partial charge in [0.05, 0.1) is 21.3 Å². The Morgan fingerprint density at radius 2 is 1.71 bits per heavy atom. The van der Waals surface area contributed by atoms with Gasteiger partial charge in [-0.3, -0.25) is 4.79 Å². The number of carbonyl (C=O) groups excluding carboxylic acids is 1. The lowest BCUT2D eigenvalue weighted by molar-refractivity contribution is 0.0759. The summed E-state index contributed by atoms with van der Waals surface area (Å²) in [5.41, 5.74) is 0.433. The van der Waals surface area contributed by atoms with E-state index in [0.717, 1.165) is 13.0 Å². The van der Waals surface area contributed by atoms with E-state index in [1.54, 1.807) is 24.1 Å². The second-order valence-electron chi connectivity index (χ2n) is 4.72. The number of ether oxygens (including phenoxy) is 3. The lowest BCUT2D eigenvalue weighted by atomic mass is 10.1. The van der Waals surface area contributed by atoms with Gasteiger partial charge in [0.2, 0.25) is 0 Å². The molecule has 0 saturated carbocycles. The van der Waals surface area contributed by atoms with E-state index in [4.69, 9.17) is 14.2 Å². The molecule has 115 valence electrons. The fraction of sp³-hybridized carbons (Fsp3) is 0.533. The number of hydrogen-bond acceptors (Lipinski definition) is 4. The summed E-state index contributed by atoms with van der Waals surface area (Å²) in [6.07, 6.45) is 0.881. The molecule has 0 aromatic heterocycles. The monoisotopic (exact) mass is 293 g/mol. The van der Waals surface area contributed by atoms with Crippen molar-refractivity contribution in [2.75, 3.05) is 47.5 Å². The Morgan fingerprint density at radius 1 is 1.05 bits per heavy atom. The molecule has 0 N–H and O–H groups in total. The highest BCUT2D eigenvalue weighted by atomic mass is 16.5. The molecule has 1 radical (unpaired) electrons. The van der Waals surface area contributed by atoms with Crippen LogP contribution in [0.4, 0.5) is 0 Å². The van der Waals surface area contributed by atoms with E-state index in [-0.39, 0.29) is 5.91 Å². The SMILES string of the molecule is COc1cc(OC)c(C(=O)N2CCC[N]CC2)c(OC)c1. The predicted molar refractivity (Wildman–Crippen MR) is 78.5 cm³/mol. The summed E-state index contributed by atoms with van der Waals surface area (Å²) in [6, 6.07) is 3.38. The lowest BCUT2D eigenvalue weighted by Gasteiger charge is -2.22. The number of hydrogen-bond donors (Lipinski definition) is 0. The van der Waals surface area contributed by atoms with Crippen LogP contribution in [0.15, 0.2) is 12.1 Å². The van der Waals surface area contributed by atoms with Crippen molar-refractivity contribution < 1.29 is 19.0 Å². The van der Waals surface area contributed by atoms with Gasteiger partial charge in [0.15, 0.2) is 0 Å². The summed E-state index contributed by atoms with van der Waals surface area (Å²) in [7, 11) is 4.62. The third-order valence-electron chi connectivity index (χ3n) is 3.49. The molecule has 0 bridgehead atoms. The summed E-state index contributed by atoms with van der Waals surface area (Å²) in [5, 5.41) is 4.33. The van der Waals surface area contributed by atoms with E-state index in [0.29, 0.717) is 42.4 Å². The molecule has 1 aromatic rings. The zero-order valence-corrected chi connectivity index (χ0v) is 12.7. The highest BCUT2D eigenvalue weighted by Gasteiger charge is 2.25. The fourth-order valence-corrected chi connectivity index (χ4v) is 2.37. The second-order valence-corrected chi connectivity index (χ2v) is 4.72. The Hall–Kier alpha value is -1.95. The summed E-state index contributed by atoms with van der Waals surface area (Å²) in [5.74, 6) is 1.41. The van der Waals surface area contributed by atoms with Crippen LogP contribution >= 0.6 is 0 Å². The molecule has 1 fully saturated rings. The quantitative estimate of drug-likeness (QED) is 0.836. The Morgan fingerprint density at radius 3 is 2.29 bits per heavy atom. The fourth-order valence-electron chi connectivity index (χ4n) is 2.37. The van der Waals surface area contributed by atoms with Crippen molar-refractivity contribution >= 4 is 5.91 Å². The first kappa shape index (κ1) is 15.4. The van der Waals surface area contributed by atoms with Gasteiger partial charge >= 0.3 is 0 Å². The normalized spacial score (nSPS) is 15.3. The highest BCUT2D eigenvalue weighted by Crippen LogP contribution is 2.35.